The molecule has 0 amide bonds. The Kier molecular flexibility index (Phi) is 3.66. The largest absolute Gasteiger partial charge is 0.461 e. The van der Waals surface area contributed by atoms with Gasteiger partial charge in [-0.1, -0.05) is 48.5 Å². The summed E-state index contributed by atoms with van der Waals surface area (Å²) in [5, 5.41) is 13.1. The topological polar surface area (TPSA) is 50.8 Å². The van der Waals surface area contributed by atoms with Crippen LogP contribution >= 0.6 is 0 Å². The molecule has 0 saturated heterocycles. The number of hydrogen-bond acceptors (Lipinski definition) is 3. The van der Waals surface area contributed by atoms with Crippen LogP contribution in [0.15, 0.2) is 66.7 Å². The molecule has 0 aliphatic carbocycles. The van der Waals surface area contributed by atoms with Gasteiger partial charge in [0.15, 0.2) is 6.61 Å². The van der Waals surface area contributed by atoms with E-state index in [2.05, 4.69) is 5.10 Å². The zero-order valence-corrected chi connectivity index (χ0v) is 11.3. The molecule has 3 rings (SSSR count). The third-order valence-corrected chi connectivity index (χ3v) is 3.04. The number of benzene rings is 2. The number of nitriles is 1. The monoisotopic (exact) mass is 275 g/mol. The summed E-state index contributed by atoms with van der Waals surface area (Å²) >= 11 is 0. The van der Waals surface area contributed by atoms with Crippen LogP contribution in [0.3, 0.4) is 0 Å². The first-order valence-corrected chi connectivity index (χ1v) is 6.59. The van der Waals surface area contributed by atoms with Crippen molar-refractivity contribution in [3.63, 3.8) is 0 Å². The van der Waals surface area contributed by atoms with Crippen LogP contribution in [-0.4, -0.2) is 16.4 Å². The van der Waals surface area contributed by atoms with Gasteiger partial charge in [0.25, 0.3) is 0 Å². The van der Waals surface area contributed by atoms with Crippen molar-refractivity contribution in [2.24, 2.45) is 0 Å². The van der Waals surface area contributed by atoms with Crippen molar-refractivity contribution in [2.45, 2.75) is 0 Å². The van der Waals surface area contributed by atoms with E-state index in [0.717, 1.165) is 16.9 Å². The maximum atomic E-state index is 8.63. The lowest BCUT2D eigenvalue weighted by molar-refractivity contribution is 0.350. The highest BCUT2D eigenvalue weighted by atomic mass is 16.5. The molecular formula is C17H13N3O. The molecule has 0 spiro atoms. The minimum absolute atomic E-state index is 0.0139. The van der Waals surface area contributed by atoms with Gasteiger partial charge in [-0.2, -0.15) is 5.26 Å². The average Bonchev–Trinajstić information content (AvgIpc) is 2.99. The molecule has 0 unspecified atom stereocenters. The molecule has 0 bridgehead atoms. The van der Waals surface area contributed by atoms with Gasteiger partial charge in [-0.15, -0.1) is 5.10 Å². The summed E-state index contributed by atoms with van der Waals surface area (Å²) in [6.07, 6.45) is 0. The van der Waals surface area contributed by atoms with Gasteiger partial charge in [-0.3, -0.25) is 0 Å². The molecular weight excluding hydrogens is 262 g/mol. The summed E-state index contributed by atoms with van der Waals surface area (Å²) in [7, 11) is 0. The van der Waals surface area contributed by atoms with Gasteiger partial charge in [0.05, 0.1) is 11.4 Å². The lowest BCUT2D eigenvalue weighted by atomic mass is 10.1. The molecule has 1 heterocycles. The molecule has 1 aromatic heterocycles. The molecule has 4 heteroatoms. The Hall–Kier alpha value is -3.06. The predicted molar refractivity (Wildman–Crippen MR) is 80.1 cm³/mol. The van der Waals surface area contributed by atoms with Crippen LogP contribution < -0.4 is 4.74 Å². The molecule has 3 aromatic rings. The van der Waals surface area contributed by atoms with E-state index >= 15 is 0 Å². The van der Waals surface area contributed by atoms with Crippen LogP contribution in [0.25, 0.3) is 16.9 Å². The van der Waals surface area contributed by atoms with Crippen molar-refractivity contribution in [2.75, 3.05) is 6.61 Å². The minimum atomic E-state index is -0.0139. The Labute approximate surface area is 122 Å². The van der Waals surface area contributed by atoms with E-state index in [0.29, 0.717) is 5.88 Å². The first-order chi connectivity index (χ1) is 10.4. The van der Waals surface area contributed by atoms with Gasteiger partial charge in [0, 0.05) is 11.6 Å². The smallest absolute Gasteiger partial charge is 0.234 e. The SMILES string of the molecule is N#CCOc1cc(-c2ccccc2)n(-c2ccccc2)n1. The Bertz CT molecular complexity index is 701. The molecule has 102 valence electrons. The summed E-state index contributed by atoms with van der Waals surface area (Å²) in [5.74, 6) is 0.444. The Balaban J connectivity index is 2.09. The van der Waals surface area contributed by atoms with Crippen molar-refractivity contribution in [3.8, 4) is 28.9 Å². The minimum Gasteiger partial charge on any atom is -0.461 e. The number of ether oxygens (including phenoxy) is 1. The summed E-state index contributed by atoms with van der Waals surface area (Å²) in [4.78, 5) is 0. The number of aromatic nitrogens is 2. The molecule has 0 atom stereocenters. The third kappa shape index (κ3) is 2.77. The normalized spacial score (nSPS) is 10.0. The second-order valence-electron chi connectivity index (χ2n) is 4.43. The van der Waals surface area contributed by atoms with E-state index in [-0.39, 0.29) is 6.61 Å². The zero-order chi connectivity index (χ0) is 14.5. The Morgan fingerprint density at radius 2 is 1.67 bits per heavy atom. The number of nitrogens with zero attached hydrogens (tertiary/aromatic N) is 3. The van der Waals surface area contributed by atoms with Crippen LogP contribution in [0.2, 0.25) is 0 Å². The summed E-state index contributed by atoms with van der Waals surface area (Å²) in [5.41, 5.74) is 2.92. The maximum Gasteiger partial charge on any atom is 0.234 e. The van der Waals surface area contributed by atoms with Crippen molar-refractivity contribution in [1.29, 1.82) is 5.26 Å². The standard InChI is InChI=1S/C17H13N3O/c18-11-12-21-17-13-16(14-7-3-1-4-8-14)20(19-17)15-9-5-2-6-10-15/h1-10,13H,12H2. The van der Waals surface area contributed by atoms with Gasteiger partial charge in [-0.05, 0) is 12.1 Å². The second-order valence-corrected chi connectivity index (χ2v) is 4.43. The number of rotatable bonds is 4. The first kappa shape index (κ1) is 12.9. The molecule has 0 radical (unpaired) electrons. The molecule has 0 aliphatic rings. The second kappa shape index (κ2) is 5.93. The fourth-order valence-corrected chi connectivity index (χ4v) is 2.12. The summed E-state index contributed by atoms with van der Waals surface area (Å²) in [6.45, 7) is -0.0139. The van der Waals surface area contributed by atoms with Crippen LogP contribution in [0.1, 0.15) is 0 Å². The molecule has 21 heavy (non-hydrogen) atoms. The highest BCUT2D eigenvalue weighted by molar-refractivity contribution is 5.63. The average molecular weight is 275 g/mol. The third-order valence-electron chi connectivity index (χ3n) is 3.04. The molecule has 2 aromatic carbocycles. The van der Waals surface area contributed by atoms with E-state index in [1.165, 1.54) is 0 Å². The molecule has 4 nitrogen and oxygen atoms in total. The molecule has 0 fully saturated rings. The van der Waals surface area contributed by atoms with Crippen LogP contribution in [0.4, 0.5) is 0 Å². The summed E-state index contributed by atoms with van der Waals surface area (Å²) in [6, 6.07) is 23.6. The highest BCUT2D eigenvalue weighted by Gasteiger charge is 2.12. The quantitative estimate of drug-likeness (QED) is 0.733. The van der Waals surface area contributed by atoms with E-state index in [1.54, 1.807) is 0 Å². The fourth-order valence-electron chi connectivity index (χ4n) is 2.12. The Morgan fingerprint density at radius 3 is 2.33 bits per heavy atom. The highest BCUT2D eigenvalue weighted by Crippen LogP contribution is 2.26. The molecule has 0 N–H and O–H groups in total. The lowest BCUT2D eigenvalue weighted by Gasteiger charge is -2.06. The zero-order valence-electron chi connectivity index (χ0n) is 11.3. The van der Waals surface area contributed by atoms with Crippen molar-refractivity contribution >= 4 is 0 Å². The van der Waals surface area contributed by atoms with Crippen LogP contribution in [0, 0.1) is 11.3 Å². The van der Waals surface area contributed by atoms with Crippen molar-refractivity contribution in [1.82, 2.24) is 9.78 Å². The van der Waals surface area contributed by atoms with E-state index < -0.39 is 0 Å². The van der Waals surface area contributed by atoms with Gasteiger partial charge in [-0.25, -0.2) is 4.68 Å². The van der Waals surface area contributed by atoms with Gasteiger partial charge < -0.3 is 4.74 Å². The van der Waals surface area contributed by atoms with Gasteiger partial charge in [0.1, 0.15) is 6.07 Å². The van der Waals surface area contributed by atoms with Crippen LogP contribution in [0.5, 0.6) is 5.88 Å². The fraction of sp³-hybridized carbons (Fsp3) is 0.0588. The van der Waals surface area contributed by atoms with Crippen molar-refractivity contribution < 1.29 is 4.74 Å². The lowest BCUT2D eigenvalue weighted by Crippen LogP contribution is -2.00. The van der Waals surface area contributed by atoms with E-state index in [1.807, 2.05) is 77.5 Å². The molecule has 0 saturated carbocycles. The van der Waals surface area contributed by atoms with E-state index in [9.17, 15) is 0 Å². The predicted octanol–water partition coefficient (Wildman–Crippen LogP) is 3.44. The molecule has 0 aliphatic heterocycles. The van der Waals surface area contributed by atoms with E-state index in [4.69, 9.17) is 10.00 Å². The summed E-state index contributed by atoms with van der Waals surface area (Å²) < 4.78 is 7.15. The maximum absolute atomic E-state index is 8.63. The number of hydrogen-bond donors (Lipinski definition) is 0. The van der Waals surface area contributed by atoms with Crippen LogP contribution in [-0.2, 0) is 0 Å². The Morgan fingerprint density at radius 1 is 1.00 bits per heavy atom. The van der Waals surface area contributed by atoms with Gasteiger partial charge >= 0.3 is 0 Å². The first-order valence-electron chi connectivity index (χ1n) is 6.59. The van der Waals surface area contributed by atoms with Crippen molar-refractivity contribution in [3.05, 3.63) is 66.7 Å². The number of para-hydroxylation sites is 1. The van der Waals surface area contributed by atoms with Gasteiger partial charge in [0.2, 0.25) is 5.88 Å².